The van der Waals surface area contributed by atoms with Crippen molar-refractivity contribution in [3.63, 3.8) is 0 Å². The van der Waals surface area contributed by atoms with Crippen LogP contribution in [0, 0.1) is 0 Å². The van der Waals surface area contributed by atoms with Crippen molar-refractivity contribution < 1.29 is 27.8 Å². The van der Waals surface area contributed by atoms with Crippen LogP contribution < -0.4 is 19.5 Å². The van der Waals surface area contributed by atoms with E-state index in [0.29, 0.717) is 17.1 Å². The van der Waals surface area contributed by atoms with Crippen LogP contribution >= 0.6 is 0 Å². The number of rotatable bonds is 5. The first-order valence-electron chi connectivity index (χ1n) is 7.32. The molecule has 1 heterocycles. The quantitative estimate of drug-likeness (QED) is 0.913. The van der Waals surface area contributed by atoms with Crippen molar-refractivity contribution >= 4 is 5.91 Å². The molecule has 0 spiro atoms. The highest BCUT2D eigenvalue weighted by molar-refractivity contribution is 5.81. The smallest absolute Gasteiger partial charge is 0.387 e. The summed E-state index contributed by atoms with van der Waals surface area (Å²) >= 11 is 0. The Labute approximate surface area is 137 Å². The van der Waals surface area contributed by atoms with E-state index in [1.807, 2.05) is 6.07 Å². The maximum atomic E-state index is 12.2. The summed E-state index contributed by atoms with van der Waals surface area (Å²) in [5.74, 6) is 0.808. The number of carbonyl (C=O) groups is 1. The first-order chi connectivity index (χ1) is 11.6. The number of amides is 1. The first-order valence-corrected chi connectivity index (χ1v) is 7.32. The Morgan fingerprint density at radius 2 is 2.00 bits per heavy atom. The fourth-order valence-corrected chi connectivity index (χ4v) is 2.28. The average Bonchev–Trinajstić information content (AvgIpc) is 2.59. The third kappa shape index (κ3) is 3.92. The molecule has 1 aliphatic rings. The van der Waals surface area contributed by atoms with E-state index in [2.05, 4.69) is 10.1 Å². The summed E-state index contributed by atoms with van der Waals surface area (Å²) in [4.78, 5) is 12.2. The number of hydrogen-bond acceptors (Lipinski definition) is 4. The maximum Gasteiger partial charge on any atom is 0.387 e. The van der Waals surface area contributed by atoms with Crippen molar-refractivity contribution in [2.45, 2.75) is 19.3 Å². The molecule has 3 rings (SSSR count). The minimum atomic E-state index is -2.89. The van der Waals surface area contributed by atoms with Gasteiger partial charge in [0.25, 0.3) is 5.91 Å². The molecule has 0 saturated carbocycles. The van der Waals surface area contributed by atoms with E-state index in [-0.39, 0.29) is 24.8 Å². The Morgan fingerprint density at radius 1 is 1.21 bits per heavy atom. The van der Waals surface area contributed by atoms with Crippen LogP contribution in [-0.4, -0.2) is 25.2 Å². The number of hydrogen-bond donors (Lipinski definition) is 1. The second kappa shape index (κ2) is 7.16. The molecule has 1 aliphatic heterocycles. The number of fused-ring (bicyclic) bond motifs is 1. The minimum absolute atomic E-state index is 0.0444. The molecule has 5 nitrogen and oxygen atoms in total. The molecule has 0 saturated heterocycles. The van der Waals surface area contributed by atoms with Gasteiger partial charge in [-0.15, -0.1) is 0 Å². The van der Waals surface area contributed by atoms with Crippen molar-refractivity contribution in [2.75, 3.05) is 6.61 Å². The van der Waals surface area contributed by atoms with Crippen LogP contribution in [0.15, 0.2) is 48.5 Å². The third-order valence-electron chi connectivity index (χ3n) is 3.39. The van der Waals surface area contributed by atoms with Crippen LogP contribution in [0.4, 0.5) is 8.78 Å². The van der Waals surface area contributed by atoms with Crippen molar-refractivity contribution in [1.29, 1.82) is 0 Å². The Hall–Kier alpha value is -2.83. The van der Waals surface area contributed by atoms with Crippen molar-refractivity contribution in [1.82, 2.24) is 5.32 Å². The number of nitrogens with one attached hydrogen (secondary N) is 1. The molecule has 0 unspecified atom stereocenters. The normalized spacial score (nSPS) is 15.9. The molecular formula is C17H15F2NO4. The Balaban J connectivity index is 1.56. The van der Waals surface area contributed by atoms with E-state index in [4.69, 9.17) is 9.47 Å². The van der Waals surface area contributed by atoms with E-state index >= 15 is 0 Å². The largest absolute Gasteiger partial charge is 0.485 e. The number of alkyl halides is 2. The second-order valence-corrected chi connectivity index (χ2v) is 5.11. The van der Waals surface area contributed by atoms with Crippen LogP contribution in [0.2, 0.25) is 0 Å². The van der Waals surface area contributed by atoms with Gasteiger partial charge in [0.15, 0.2) is 11.5 Å². The molecule has 7 heteroatoms. The summed E-state index contributed by atoms with van der Waals surface area (Å²) in [6.07, 6.45) is -0.764. The highest BCUT2D eigenvalue weighted by Crippen LogP contribution is 2.30. The van der Waals surface area contributed by atoms with E-state index < -0.39 is 12.7 Å². The Bertz CT molecular complexity index is 723. The molecule has 24 heavy (non-hydrogen) atoms. The lowest BCUT2D eigenvalue weighted by atomic mass is 10.2. The van der Waals surface area contributed by atoms with Crippen molar-refractivity contribution in [3.05, 3.63) is 54.1 Å². The summed E-state index contributed by atoms with van der Waals surface area (Å²) in [7, 11) is 0. The predicted octanol–water partition coefficient (Wildman–Crippen LogP) is 2.74. The van der Waals surface area contributed by atoms with Crippen LogP contribution in [0.1, 0.15) is 5.56 Å². The zero-order chi connectivity index (χ0) is 16.9. The topological polar surface area (TPSA) is 56.8 Å². The summed E-state index contributed by atoms with van der Waals surface area (Å²) < 4.78 is 39.8. The lowest BCUT2D eigenvalue weighted by Crippen LogP contribution is -2.43. The third-order valence-corrected chi connectivity index (χ3v) is 3.39. The molecule has 2 aromatic rings. The lowest BCUT2D eigenvalue weighted by Gasteiger charge is -2.25. The summed E-state index contributed by atoms with van der Waals surface area (Å²) in [5.41, 5.74) is 0.638. The van der Waals surface area contributed by atoms with Gasteiger partial charge in [-0.3, -0.25) is 4.79 Å². The van der Waals surface area contributed by atoms with Gasteiger partial charge in [-0.1, -0.05) is 24.3 Å². The second-order valence-electron chi connectivity index (χ2n) is 5.11. The van der Waals surface area contributed by atoms with Gasteiger partial charge in [-0.05, 0) is 29.8 Å². The lowest BCUT2D eigenvalue weighted by molar-refractivity contribution is -0.130. The number of benzene rings is 2. The van der Waals surface area contributed by atoms with Crippen molar-refractivity contribution in [2.24, 2.45) is 0 Å². The molecule has 1 N–H and O–H groups in total. The zero-order valence-corrected chi connectivity index (χ0v) is 12.6. The number of ether oxygens (including phenoxy) is 3. The van der Waals surface area contributed by atoms with E-state index in [9.17, 15) is 13.6 Å². The van der Waals surface area contributed by atoms with Gasteiger partial charge < -0.3 is 19.5 Å². The zero-order valence-electron chi connectivity index (χ0n) is 12.6. The highest BCUT2D eigenvalue weighted by Gasteiger charge is 2.26. The van der Waals surface area contributed by atoms with E-state index in [1.54, 1.807) is 30.3 Å². The molecule has 0 aromatic heterocycles. The number of para-hydroxylation sites is 2. The molecule has 0 bridgehead atoms. The van der Waals surface area contributed by atoms with Gasteiger partial charge >= 0.3 is 6.61 Å². The predicted molar refractivity (Wildman–Crippen MR) is 81.3 cm³/mol. The average molecular weight is 335 g/mol. The molecule has 0 aliphatic carbocycles. The van der Waals surface area contributed by atoms with Gasteiger partial charge in [0.05, 0.1) is 0 Å². The Morgan fingerprint density at radius 3 is 2.79 bits per heavy atom. The maximum absolute atomic E-state index is 12.2. The molecule has 0 fully saturated rings. The molecule has 126 valence electrons. The van der Waals surface area contributed by atoms with Gasteiger partial charge in [-0.25, -0.2) is 0 Å². The molecule has 2 aromatic carbocycles. The number of carbonyl (C=O) groups excluding carboxylic acids is 1. The fraction of sp³-hybridized carbons (Fsp3) is 0.235. The van der Waals surface area contributed by atoms with Crippen LogP contribution in [-0.2, 0) is 11.3 Å². The van der Waals surface area contributed by atoms with Gasteiger partial charge in [-0.2, -0.15) is 8.78 Å². The van der Waals surface area contributed by atoms with Crippen LogP contribution in [0.5, 0.6) is 17.2 Å². The SMILES string of the molecule is O=C(NCc1cccc(OC(F)F)c1)[C@@H]1COc2ccccc2O1. The molecule has 1 amide bonds. The Kier molecular flexibility index (Phi) is 4.79. The van der Waals surface area contributed by atoms with Gasteiger partial charge in [0.1, 0.15) is 12.4 Å². The minimum Gasteiger partial charge on any atom is -0.485 e. The summed E-state index contributed by atoms with van der Waals surface area (Å²) in [6, 6.07) is 13.2. The summed E-state index contributed by atoms with van der Waals surface area (Å²) in [5, 5.41) is 2.69. The molecule has 1 atom stereocenters. The highest BCUT2D eigenvalue weighted by atomic mass is 19.3. The summed E-state index contributed by atoms with van der Waals surface area (Å²) in [6.45, 7) is -2.61. The van der Waals surface area contributed by atoms with E-state index in [0.717, 1.165) is 0 Å². The van der Waals surface area contributed by atoms with Gasteiger partial charge in [0.2, 0.25) is 6.10 Å². The standard InChI is InChI=1S/C17H15F2NO4/c18-17(19)23-12-5-3-4-11(8-12)9-20-16(21)15-10-22-13-6-1-2-7-14(13)24-15/h1-8,15,17H,9-10H2,(H,20,21)/t15-/m0/s1. The van der Waals surface area contributed by atoms with Gasteiger partial charge in [0, 0.05) is 6.54 Å². The fourth-order valence-electron chi connectivity index (χ4n) is 2.28. The number of halogens is 2. The van der Waals surface area contributed by atoms with Crippen LogP contribution in [0.3, 0.4) is 0 Å². The first kappa shape index (κ1) is 16.0. The monoisotopic (exact) mass is 335 g/mol. The van der Waals surface area contributed by atoms with Crippen molar-refractivity contribution in [3.8, 4) is 17.2 Å². The molecular weight excluding hydrogens is 320 g/mol. The molecule has 0 radical (unpaired) electrons. The van der Waals surface area contributed by atoms with E-state index in [1.165, 1.54) is 12.1 Å². The van der Waals surface area contributed by atoms with Crippen LogP contribution in [0.25, 0.3) is 0 Å².